The lowest BCUT2D eigenvalue weighted by atomic mass is 10.1. The Bertz CT molecular complexity index is 639. The number of likely N-dealkylation sites (tertiary alicyclic amines) is 1. The number of amides is 1. The van der Waals surface area contributed by atoms with Crippen LogP contribution in [0.3, 0.4) is 0 Å². The van der Waals surface area contributed by atoms with Crippen molar-refractivity contribution in [3.05, 3.63) is 40.5 Å². The van der Waals surface area contributed by atoms with E-state index in [9.17, 15) is 18.4 Å². The average molecular weight is 323 g/mol. The predicted octanol–water partition coefficient (Wildman–Crippen LogP) is 3.80. The van der Waals surface area contributed by atoms with Crippen LogP contribution in [0.4, 0.5) is 13.6 Å². The van der Waals surface area contributed by atoms with Crippen molar-refractivity contribution in [2.75, 3.05) is 13.1 Å². The molecule has 0 radical (unpaired) electrons. The molecule has 0 unspecified atom stereocenters. The summed E-state index contributed by atoms with van der Waals surface area (Å²) < 4.78 is 32.5. The van der Waals surface area contributed by atoms with Gasteiger partial charge in [-0.3, -0.25) is 4.79 Å². The first-order chi connectivity index (χ1) is 10.7. The lowest BCUT2D eigenvalue weighted by Crippen LogP contribution is -2.34. The highest BCUT2D eigenvalue weighted by Gasteiger charge is 2.26. The highest BCUT2D eigenvalue weighted by molar-refractivity contribution is 5.76. The van der Waals surface area contributed by atoms with Gasteiger partial charge in [-0.05, 0) is 50.5 Å². The molecule has 1 saturated heterocycles. The van der Waals surface area contributed by atoms with E-state index in [0.29, 0.717) is 25.1 Å². The molecule has 0 bridgehead atoms. The van der Waals surface area contributed by atoms with E-state index < -0.39 is 28.9 Å². The topological polar surface area (TPSA) is 46.6 Å². The zero-order valence-electron chi connectivity index (χ0n) is 13.4. The second-order valence-corrected chi connectivity index (χ2v) is 6.47. The molecular weight excluding hydrogens is 304 g/mol. The van der Waals surface area contributed by atoms with Gasteiger partial charge in [0.1, 0.15) is 17.2 Å². The summed E-state index contributed by atoms with van der Waals surface area (Å²) in [6, 6.07) is 2.21. The van der Waals surface area contributed by atoms with Crippen LogP contribution in [-0.2, 0) is 4.74 Å². The Morgan fingerprint density at radius 1 is 1.26 bits per heavy atom. The summed E-state index contributed by atoms with van der Waals surface area (Å²) in [7, 11) is 0. The van der Waals surface area contributed by atoms with Gasteiger partial charge in [-0.25, -0.2) is 13.6 Å². The third kappa shape index (κ3) is 4.37. The van der Waals surface area contributed by atoms with Crippen molar-refractivity contribution in [1.82, 2.24) is 4.90 Å². The van der Waals surface area contributed by atoms with Gasteiger partial charge in [0, 0.05) is 13.1 Å². The number of carbonyl (C=O) groups excluding carboxylic acids is 2. The van der Waals surface area contributed by atoms with E-state index in [1.54, 1.807) is 31.7 Å². The van der Waals surface area contributed by atoms with Gasteiger partial charge in [0.2, 0.25) is 0 Å². The second-order valence-electron chi connectivity index (χ2n) is 6.47. The van der Waals surface area contributed by atoms with Crippen LogP contribution in [0.5, 0.6) is 0 Å². The SMILES string of the molecule is CC(C)(C)OC(=O)N1CCC(=Cc2cc(F)c(C=O)c(F)c2)C1. The molecule has 1 aromatic carbocycles. The first-order valence-corrected chi connectivity index (χ1v) is 7.31. The van der Waals surface area contributed by atoms with Crippen LogP contribution in [0, 0.1) is 11.6 Å². The fourth-order valence-electron chi connectivity index (χ4n) is 2.32. The van der Waals surface area contributed by atoms with Crippen molar-refractivity contribution in [2.45, 2.75) is 32.8 Å². The largest absolute Gasteiger partial charge is 0.444 e. The van der Waals surface area contributed by atoms with Crippen LogP contribution >= 0.6 is 0 Å². The van der Waals surface area contributed by atoms with Gasteiger partial charge in [-0.2, -0.15) is 0 Å². The Hall–Kier alpha value is -2.24. The quantitative estimate of drug-likeness (QED) is 0.778. The van der Waals surface area contributed by atoms with Gasteiger partial charge in [0.05, 0.1) is 5.56 Å². The number of benzene rings is 1. The Morgan fingerprint density at radius 3 is 2.39 bits per heavy atom. The Balaban J connectivity index is 2.11. The molecule has 1 aliphatic heterocycles. The number of rotatable bonds is 2. The first kappa shape index (κ1) is 17.1. The number of hydrogen-bond donors (Lipinski definition) is 0. The maximum absolute atomic E-state index is 13.6. The van der Waals surface area contributed by atoms with E-state index >= 15 is 0 Å². The maximum Gasteiger partial charge on any atom is 0.410 e. The Labute approximate surface area is 133 Å². The highest BCUT2D eigenvalue weighted by atomic mass is 19.1. The van der Waals surface area contributed by atoms with E-state index in [1.165, 1.54) is 0 Å². The Morgan fingerprint density at radius 2 is 1.87 bits per heavy atom. The minimum Gasteiger partial charge on any atom is -0.444 e. The molecule has 6 heteroatoms. The van der Waals surface area contributed by atoms with E-state index in [2.05, 4.69) is 0 Å². The van der Waals surface area contributed by atoms with Crippen molar-refractivity contribution in [3.63, 3.8) is 0 Å². The molecule has 0 spiro atoms. The van der Waals surface area contributed by atoms with Gasteiger partial charge < -0.3 is 9.64 Å². The number of nitrogens with zero attached hydrogens (tertiary/aromatic N) is 1. The summed E-state index contributed by atoms with van der Waals surface area (Å²) in [6.45, 7) is 6.22. The summed E-state index contributed by atoms with van der Waals surface area (Å²) in [4.78, 5) is 24.1. The van der Waals surface area contributed by atoms with Crippen LogP contribution < -0.4 is 0 Å². The average Bonchev–Trinajstić information content (AvgIpc) is 2.85. The van der Waals surface area contributed by atoms with Gasteiger partial charge >= 0.3 is 6.09 Å². The zero-order chi connectivity index (χ0) is 17.2. The third-order valence-corrected chi connectivity index (χ3v) is 3.34. The molecule has 0 N–H and O–H groups in total. The number of ether oxygens (including phenoxy) is 1. The van der Waals surface area contributed by atoms with Crippen molar-refractivity contribution in [3.8, 4) is 0 Å². The lowest BCUT2D eigenvalue weighted by Gasteiger charge is -2.23. The number of halogens is 2. The molecule has 1 amide bonds. The van der Waals surface area contributed by atoms with Gasteiger partial charge in [0.15, 0.2) is 6.29 Å². The van der Waals surface area contributed by atoms with Crippen molar-refractivity contribution >= 4 is 18.5 Å². The molecule has 0 aromatic heterocycles. The summed E-state index contributed by atoms with van der Waals surface area (Å²) in [5, 5.41) is 0. The second kappa shape index (κ2) is 6.48. The Kier molecular flexibility index (Phi) is 4.82. The minimum atomic E-state index is -0.895. The summed E-state index contributed by atoms with van der Waals surface area (Å²) >= 11 is 0. The molecule has 1 aromatic rings. The van der Waals surface area contributed by atoms with Crippen LogP contribution in [0.2, 0.25) is 0 Å². The first-order valence-electron chi connectivity index (χ1n) is 7.31. The normalized spacial score (nSPS) is 16.7. The van der Waals surface area contributed by atoms with Crippen LogP contribution in [0.25, 0.3) is 6.08 Å². The molecule has 2 rings (SSSR count). The summed E-state index contributed by atoms with van der Waals surface area (Å²) in [5.74, 6) is -1.79. The van der Waals surface area contributed by atoms with E-state index in [-0.39, 0.29) is 6.29 Å². The molecule has 1 fully saturated rings. The maximum atomic E-state index is 13.6. The van der Waals surface area contributed by atoms with Gasteiger partial charge in [-0.1, -0.05) is 6.08 Å². The molecule has 0 aliphatic carbocycles. The predicted molar refractivity (Wildman–Crippen MR) is 82.1 cm³/mol. The van der Waals surface area contributed by atoms with Crippen molar-refractivity contribution < 1.29 is 23.1 Å². The fraction of sp³-hybridized carbons (Fsp3) is 0.412. The van der Waals surface area contributed by atoms with Gasteiger partial charge in [-0.15, -0.1) is 0 Å². The highest BCUT2D eigenvalue weighted by Crippen LogP contribution is 2.22. The van der Waals surface area contributed by atoms with Gasteiger partial charge in [0.25, 0.3) is 0 Å². The standard InChI is InChI=1S/C17H19F2NO3/c1-17(2,3)23-16(22)20-5-4-11(9-20)6-12-7-14(18)13(10-21)15(19)8-12/h6-8,10H,4-5,9H2,1-3H3. The monoisotopic (exact) mass is 323 g/mol. The molecule has 124 valence electrons. The third-order valence-electron chi connectivity index (χ3n) is 3.34. The smallest absolute Gasteiger partial charge is 0.410 e. The number of aldehydes is 1. The minimum absolute atomic E-state index is 0.154. The van der Waals surface area contributed by atoms with Crippen LogP contribution in [-0.4, -0.2) is 36.0 Å². The summed E-state index contributed by atoms with van der Waals surface area (Å²) in [5.41, 5.74) is 0.0506. The van der Waals surface area contributed by atoms with Crippen LogP contribution in [0.15, 0.2) is 17.7 Å². The van der Waals surface area contributed by atoms with Crippen molar-refractivity contribution in [1.29, 1.82) is 0 Å². The van der Waals surface area contributed by atoms with Crippen molar-refractivity contribution in [2.24, 2.45) is 0 Å². The molecule has 4 nitrogen and oxygen atoms in total. The number of carbonyl (C=O) groups is 2. The lowest BCUT2D eigenvalue weighted by molar-refractivity contribution is 0.0299. The number of hydrogen-bond acceptors (Lipinski definition) is 3. The molecule has 0 atom stereocenters. The zero-order valence-corrected chi connectivity index (χ0v) is 13.4. The van der Waals surface area contributed by atoms with E-state index in [0.717, 1.165) is 17.7 Å². The fourth-order valence-corrected chi connectivity index (χ4v) is 2.32. The molecule has 23 heavy (non-hydrogen) atoms. The molecular formula is C17H19F2NO3. The molecule has 1 aliphatic rings. The van der Waals surface area contributed by atoms with Crippen LogP contribution in [0.1, 0.15) is 43.1 Å². The molecule has 1 heterocycles. The molecule has 0 saturated carbocycles. The summed E-state index contributed by atoms with van der Waals surface area (Å²) in [6.07, 6.45) is 1.99. The van der Waals surface area contributed by atoms with E-state index in [1.807, 2.05) is 0 Å². The van der Waals surface area contributed by atoms with E-state index in [4.69, 9.17) is 4.74 Å².